The molecule has 0 bridgehead atoms. The molecule has 0 radical (unpaired) electrons. The smallest absolute Gasteiger partial charge is 0.384 e. The van der Waals surface area contributed by atoms with E-state index in [4.69, 9.17) is 4.74 Å². The Balaban J connectivity index is 1.36. The van der Waals surface area contributed by atoms with Crippen LogP contribution in [0.1, 0.15) is 52.0 Å². The van der Waals surface area contributed by atoms with Gasteiger partial charge in [-0.1, -0.05) is 11.6 Å². The summed E-state index contributed by atoms with van der Waals surface area (Å²) in [6.07, 6.45) is 3.29. The molecule has 3 aromatic rings. The first-order valence-corrected chi connectivity index (χ1v) is 11.4. The van der Waals surface area contributed by atoms with Crippen molar-refractivity contribution in [1.29, 1.82) is 0 Å². The highest BCUT2D eigenvalue weighted by Crippen LogP contribution is 2.25. The fourth-order valence-corrected chi connectivity index (χ4v) is 4.11. The Labute approximate surface area is 205 Å². The number of carbonyl (C=O) groups excluding carboxylic acids is 2. The molecular weight excluding hydrogens is 475 g/mol. The summed E-state index contributed by atoms with van der Waals surface area (Å²) in [7, 11) is 0. The molecule has 1 fully saturated rings. The topological polar surface area (TPSA) is 102 Å². The van der Waals surface area contributed by atoms with E-state index in [2.05, 4.69) is 15.6 Å². The van der Waals surface area contributed by atoms with Crippen LogP contribution >= 0.6 is 0 Å². The molecule has 0 aliphatic heterocycles. The number of nitrogens with one attached hydrogen (secondary N) is 3. The molecule has 0 spiro atoms. The number of rotatable bonds is 6. The van der Waals surface area contributed by atoms with Crippen LogP contribution in [0.15, 0.2) is 48.7 Å². The van der Waals surface area contributed by atoms with Gasteiger partial charge in [-0.2, -0.15) is 4.98 Å². The fraction of sp³-hybridized carbons (Fsp3) is 0.269. The predicted molar refractivity (Wildman–Crippen MR) is 123 cm³/mol. The molecule has 0 atom stereocenters. The van der Waals surface area contributed by atoms with Crippen molar-refractivity contribution >= 4 is 11.8 Å². The molecule has 4 N–H and O–H groups in total. The van der Waals surface area contributed by atoms with E-state index in [9.17, 15) is 27.9 Å². The second kappa shape index (κ2) is 10.7. The maximum Gasteiger partial charge on any atom is 0.384 e. The van der Waals surface area contributed by atoms with Crippen LogP contribution in [0.25, 0.3) is 0 Å². The number of phenols is 1. The molecule has 36 heavy (non-hydrogen) atoms. The predicted octanol–water partition coefficient (Wildman–Crippen LogP) is 4.20. The minimum Gasteiger partial charge on any atom is -0.507 e. The van der Waals surface area contributed by atoms with Gasteiger partial charge in [-0.25, -0.2) is 13.2 Å². The van der Waals surface area contributed by atoms with Crippen molar-refractivity contribution in [1.82, 2.24) is 10.6 Å². The van der Waals surface area contributed by atoms with Crippen LogP contribution in [-0.4, -0.2) is 29.0 Å². The Kier molecular flexibility index (Phi) is 7.42. The molecule has 0 unspecified atom stereocenters. The summed E-state index contributed by atoms with van der Waals surface area (Å²) >= 11 is 0. The molecule has 1 heterocycles. The van der Waals surface area contributed by atoms with Crippen LogP contribution in [0, 0.1) is 24.4 Å². The normalized spacial score (nSPS) is 17.3. The Hall–Kier alpha value is -4.08. The van der Waals surface area contributed by atoms with Gasteiger partial charge in [-0.3, -0.25) is 9.59 Å². The first-order chi connectivity index (χ1) is 17.2. The van der Waals surface area contributed by atoms with Crippen molar-refractivity contribution < 1.29 is 37.6 Å². The molecule has 4 rings (SSSR count). The van der Waals surface area contributed by atoms with Crippen molar-refractivity contribution in [2.75, 3.05) is 0 Å². The van der Waals surface area contributed by atoms with Gasteiger partial charge in [0, 0.05) is 24.2 Å². The lowest BCUT2D eigenvalue weighted by atomic mass is 9.90. The third kappa shape index (κ3) is 5.94. The van der Waals surface area contributed by atoms with E-state index in [1.165, 1.54) is 12.1 Å². The monoisotopic (exact) mass is 500 g/mol. The van der Waals surface area contributed by atoms with Crippen LogP contribution in [0.5, 0.6) is 17.4 Å². The van der Waals surface area contributed by atoms with E-state index in [0.717, 1.165) is 30.0 Å². The summed E-state index contributed by atoms with van der Waals surface area (Å²) in [5.41, 5.74) is 0.929. The number of amides is 2. The molecule has 188 valence electrons. The SMILES string of the molecule is Cc1ccc(O)c(C(=O)NC2CCC(NC(=O)c3cc(F)c[nH+]c3Oc3ccc(F)c(F)c3)CC2)c1. The molecule has 2 aromatic carbocycles. The standard InChI is InChI=1S/C26H24F3N3O4/c1-14-2-9-23(33)19(10-14)24(34)31-16-3-5-17(6-4-16)32-25(35)20-11-15(27)13-30-26(20)36-18-7-8-21(28)22(29)12-18/h2,7-13,16-17,33H,3-6H2,1H3,(H,31,34)(H,32,35)/p+1. The lowest BCUT2D eigenvalue weighted by molar-refractivity contribution is -0.393. The Morgan fingerprint density at radius 2 is 1.53 bits per heavy atom. The first kappa shape index (κ1) is 25.0. The average molecular weight is 500 g/mol. The molecule has 7 nitrogen and oxygen atoms in total. The number of halogens is 3. The molecule has 2 amide bonds. The van der Waals surface area contributed by atoms with E-state index in [1.807, 2.05) is 6.92 Å². The largest absolute Gasteiger partial charge is 0.507 e. The lowest BCUT2D eigenvalue weighted by Crippen LogP contribution is -2.44. The third-order valence-corrected chi connectivity index (χ3v) is 6.02. The summed E-state index contributed by atoms with van der Waals surface area (Å²) in [5.74, 6) is -4.12. The van der Waals surface area contributed by atoms with Gasteiger partial charge in [0.1, 0.15) is 11.5 Å². The van der Waals surface area contributed by atoms with Crippen molar-refractivity contribution in [3.63, 3.8) is 0 Å². The number of ether oxygens (including phenoxy) is 1. The van der Waals surface area contributed by atoms with Gasteiger partial charge in [-0.15, -0.1) is 0 Å². The van der Waals surface area contributed by atoms with Gasteiger partial charge in [0.05, 0.1) is 5.56 Å². The highest BCUT2D eigenvalue weighted by atomic mass is 19.2. The number of H-pyrrole nitrogens is 1. The zero-order valence-corrected chi connectivity index (χ0v) is 19.4. The summed E-state index contributed by atoms with van der Waals surface area (Å²) in [4.78, 5) is 28.0. The van der Waals surface area contributed by atoms with Crippen LogP contribution in [-0.2, 0) is 0 Å². The molecule has 1 saturated carbocycles. The number of hydrogen-bond donors (Lipinski definition) is 3. The summed E-state index contributed by atoms with van der Waals surface area (Å²) in [6, 6.07) is 8.33. The van der Waals surface area contributed by atoms with Crippen LogP contribution < -0.4 is 20.4 Å². The van der Waals surface area contributed by atoms with Gasteiger partial charge in [-0.05, 0) is 56.9 Å². The van der Waals surface area contributed by atoms with Crippen molar-refractivity contribution in [2.24, 2.45) is 0 Å². The molecule has 1 aromatic heterocycles. The summed E-state index contributed by atoms with van der Waals surface area (Å²) in [5, 5.41) is 15.7. The van der Waals surface area contributed by atoms with Crippen LogP contribution in [0.2, 0.25) is 0 Å². The number of aromatic nitrogens is 1. The van der Waals surface area contributed by atoms with E-state index in [-0.39, 0.29) is 46.5 Å². The highest BCUT2D eigenvalue weighted by Gasteiger charge is 2.28. The van der Waals surface area contributed by atoms with Crippen molar-refractivity contribution in [3.8, 4) is 17.4 Å². The van der Waals surface area contributed by atoms with Gasteiger partial charge < -0.3 is 20.5 Å². The van der Waals surface area contributed by atoms with Gasteiger partial charge in [0.25, 0.3) is 11.8 Å². The Morgan fingerprint density at radius 1 is 0.889 bits per heavy atom. The minimum absolute atomic E-state index is 0.0679. The number of carbonyl (C=O) groups is 2. The lowest BCUT2D eigenvalue weighted by Gasteiger charge is -2.29. The first-order valence-electron chi connectivity index (χ1n) is 11.4. The Morgan fingerprint density at radius 3 is 2.17 bits per heavy atom. The van der Waals surface area contributed by atoms with Gasteiger partial charge >= 0.3 is 5.88 Å². The highest BCUT2D eigenvalue weighted by molar-refractivity contribution is 5.97. The van der Waals surface area contributed by atoms with Crippen molar-refractivity contribution in [2.45, 2.75) is 44.7 Å². The maximum atomic E-state index is 13.9. The minimum atomic E-state index is -1.12. The number of hydrogen-bond acceptors (Lipinski definition) is 4. The average Bonchev–Trinajstić information content (AvgIpc) is 2.85. The second-order valence-corrected chi connectivity index (χ2v) is 8.75. The number of benzene rings is 2. The van der Waals surface area contributed by atoms with E-state index in [1.54, 1.807) is 12.1 Å². The van der Waals surface area contributed by atoms with E-state index >= 15 is 0 Å². The number of aromatic hydroxyl groups is 1. The third-order valence-electron chi connectivity index (χ3n) is 6.02. The van der Waals surface area contributed by atoms with Crippen molar-refractivity contribution in [3.05, 3.63) is 82.8 Å². The molecular formula is C26H25F3N3O4+. The fourth-order valence-electron chi connectivity index (χ4n) is 4.11. The van der Waals surface area contributed by atoms with Crippen LogP contribution in [0.4, 0.5) is 13.2 Å². The molecule has 1 aliphatic rings. The quantitative estimate of drug-likeness (QED) is 0.472. The molecule has 0 saturated heterocycles. The van der Waals surface area contributed by atoms with Gasteiger partial charge in [0.2, 0.25) is 6.20 Å². The summed E-state index contributed by atoms with van der Waals surface area (Å²) < 4.78 is 46.1. The number of phenolic OH excluding ortho intramolecular Hbond substituents is 1. The zero-order chi connectivity index (χ0) is 25.8. The van der Waals surface area contributed by atoms with Gasteiger partial charge in [0.15, 0.2) is 23.0 Å². The zero-order valence-electron chi connectivity index (χ0n) is 19.4. The molecule has 1 aliphatic carbocycles. The van der Waals surface area contributed by atoms with E-state index in [0.29, 0.717) is 25.7 Å². The molecule has 10 heteroatoms. The van der Waals surface area contributed by atoms with Crippen LogP contribution in [0.3, 0.4) is 0 Å². The van der Waals surface area contributed by atoms with E-state index < -0.39 is 23.4 Å². The number of aromatic amines is 1. The number of aryl methyl sites for hydroxylation is 1. The number of pyridine rings is 1. The second-order valence-electron chi connectivity index (χ2n) is 8.75. The Bertz CT molecular complexity index is 1290. The maximum absolute atomic E-state index is 13.9. The summed E-state index contributed by atoms with van der Waals surface area (Å²) in [6.45, 7) is 1.83.